The van der Waals surface area contributed by atoms with Crippen LogP contribution in [-0.2, 0) is 61.8 Å². The summed E-state index contributed by atoms with van der Waals surface area (Å²) < 4.78 is 12.5. The van der Waals surface area contributed by atoms with Crippen molar-refractivity contribution in [2.45, 2.75) is 57.8 Å². The Balaban J connectivity index is 1.17. The molecule has 1 aromatic carbocycles. The number of amides is 3. The number of ether oxygens (including phenoxy) is 2. The van der Waals surface area contributed by atoms with Gasteiger partial charge in [-0.3, -0.25) is 24.0 Å². The minimum absolute atomic E-state index is 0.0563. The van der Waals surface area contributed by atoms with Gasteiger partial charge in [-0.25, -0.2) is 14.6 Å². The number of fused-ring (bicyclic) bond motifs is 5. The van der Waals surface area contributed by atoms with Crippen LogP contribution in [0.5, 0.6) is 0 Å². The molecule has 1 saturated heterocycles. The summed E-state index contributed by atoms with van der Waals surface area (Å²) in [6.45, 7) is 0.946. The lowest BCUT2D eigenvalue weighted by atomic mass is 9.85. The number of pyridine rings is 2. The fraction of sp³-hybridized carbons (Fsp3) is 0.333. The third-order valence-electron chi connectivity index (χ3n) is 7.86. The first-order chi connectivity index (χ1) is 21.1. The van der Waals surface area contributed by atoms with E-state index in [1.807, 2.05) is 30.3 Å². The van der Waals surface area contributed by atoms with Crippen LogP contribution in [0.1, 0.15) is 55.7 Å². The maximum Gasteiger partial charge on any atom is 0.355 e. The second-order valence-corrected chi connectivity index (χ2v) is 10.6. The molecule has 3 aromatic rings. The Labute approximate surface area is 248 Å². The van der Waals surface area contributed by atoms with Gasteiger partial charge in [-0.15, -0.1) is 5.06 Å². The lowest BCUT2D eigenvalue weighted by Crippen LogP contribution is -2.48. The molecule has 0 saturated carbocycles. The standard InChI is InChI=1S/C30H26N4O10/c1-2-30(43-26(39)13-31-22(35)7-10-25(38)44-34-23(36)8-9-24(34)37)19-12-21-27-17(11-16-5-3-4-6-20(16)32-27)14-33(21)28(40)18(19)15-42-29(30)41/h3-6,11-12H,2,7-10,13-15H2,1H3,(H,31,35)/t30-/m1/s1. The van der Waals surface area contributed by atoms with Gasteiger partial charge in [0.2, 0.25) is 11.5 Å². The van der Waals surface area contributed by atoms with Crippen molar-refractivity contribution in [3.8, 4) is 11.4 Å². The molecule has 0 unspecified atom stereocenters. The Hall–Kier alpha value is -5.40. The van der Waals surface area contributed by atoms with E-state index in [0.29, 0.717) is 16.5 Å². The molecular formula is C30H26N4O10. The minimum Gasteiger partial charge on any atom is -0.457 e. The van der Waals surface area contributed by atoms with Crippen molar-refractivity contribution in [2.75, 3.05) is 6.54 Å². The maximum atomic E-state index is 13.6. The van der Waals surface area contributed by atoms with Crippen LogP contribution in [0.4, 0.5) is 0 Å². The number of carbonyl (C=O) groups excluding carboxylic acids is 6. The summed E-state index contributed by atoms with van der Waals surface area (Å²) in [6, 6.07) is 11.1. The number of hydrogen-bond acceptors (Lipinski definition) is 11. The SMILES string of the molecule is CC[C@]1(OC(=O)CNC(=O)CCC(=O)ON2C(=O)CCC2=O)C(=O)OCc2c1cc1n(c2=O)Cc2cc3ccccc3nc2-1. The quantitative estimate of drug-likeness (QED) is 0.226. The number of carbonyl (C=O) groups is 6. The average molecular weight is 603 g/mol. The van der Waals surface area contributed by atoms with Gasteiger partial charge in [-0.2, -0.15) is 0 Å². The molecular weight excluding hydrogens is 576 g/mol. The van der Waals surface area contributed by atoms with E-state index in [0.717, 1.165) is 16.5 Å². The highest BCUT2D eigenvalue weighted by Crippen LogP contribution is 2.40. The third-order valence-corrected chi connectivity index (χ3v) is 7.86. The molecule has 6 rings (SSSR count). The molecule has 3 aliphatic heterocycles. The summed E-state index contributed by atoms with van der Waals surface area (Å²) in [6.07, 6.45) is -1.05. The third kappa shape index (κ3) is 4.87. The number of nitrogens with zero attached hydrogens (tertiary/aromatic N) is 3. The summed E-state index contributed by atoms with van der Waals surface area (Å²) >= 11 is 0. The number of rotatable bonds is 8. The van der Waals surface area contributed by atoms with E-state index in [9.17, 15) is 33.6 Å². The number of aromatic nitrogens is 2. The fourth-order valence-corrected chi connectivity index (χ4v) is 5.59. The van der Waals surface area contributed by atoms with E-state index >= 15 is 0 Å². The first kappa shape index (κ1) is 28.7. The predicted molar refractivity (Wildman–Crippen MR) is 148 cm³/mol. The minimum atomic E-state index is -1.94. The lowest BCUT2D eigenvalue weighted by Gasteiger charge is -2.35. The van der Waals surface area contributed by atoms with E-state index in [4.69, 9.17) is 19.3 Å². The second kappa shape index (κ2) is 11.0. The number of para-hydroxylation sites is 1. The van der Waals surface area contributed by atoms with Crippen molar-refractivity contribution >= 4 is 46.5 Å². The molecule has 0 spiro atoms. The van der Waals surface area contributed by atoms with Crippen molar-refractivity contribution in [1.29, 1.82) is 0 Å². The van der Waals surface area contributed by atoms with Gasteiger partial charge in [-0.1, -0.05) is 25.1 Å². The number of cyclic esters (lactones) is 1. The normalized spacial score (nSPS) is 18.4. The van der Waals surface area contributed by atoms with Crippen LogP contribution in [-0.4, -0.2) is 56.8 Å². The lowest BCUT2D eigenvalue weighted by molar-refractivity contribution is -0.197. The Kier molecular flexibility index (Phi) is 7.19. The van der Waals surface area contributed by atoms with Crippen LogP contribution in [0.25, 0.3) is 22.3 Å². The molecule has 3 amide bonds. The van der Waals surface area contributed by atoms with Gasteiger partial charge in [-0.05, 0) is 24.6 Å². The molecule has 14 heteroatoms. The fourth-order valence-electron chi connectivity index (χ4n) is 5.59. The van der Waals surface area contributed by atoms with Crippen LogP contribution >= 0.6 is 0 Å². The molecule has 0 bridgehead atoms. The van der Waals surface area contributed by atoms with Crippen LogP contribution in [0.2, 0.25) is 0 Å². The number of hydrogen-bond donors (Lipinski definition) is 1. The van der Waals surface area contributed by atoms with E-state index in [2.05, 4.69) is 5.32 Å². The number of hydroxylamine groups is 2. The molecule has 14 nitrogen and oxygen atoms in total. The second-order valence-electron chi connectivity index (χ2n) is 10.6. The molecule has 1 atom stereocenters. The molecule has 1 fully saturated rings. The summed E-state index contributed by atoms with van der Waals surface area (Å²) in [5.41, 5.74) is 0.681. The van der Waals surface area contributed by atoms with Crippen LogP contribution < -0.4 is 10.9 Å². The van der Waals surface area contributed by atoms with Gasteiger partial charge in [0.15, 0.2) is 0 Å². The van der Waals surface area contributed by atoms with E-state index in [-0.39, 0.29) is 43.5 Å². The topological polar surface area (TPSA) is 180 Å². The first-order valence-corrected chi connectivity index (χ1v) is 14.0. The monoisotopic (exact) mass is 602 g/mol. The zero-order chi connectivity index (χ0) is 31.2. The van der Waals surface area contributed by atoms with Crippen LogP contribution in [0.3, 0.4) is 0 Å². The van der Waals surface area contributed by atoms with Gasteiger partial charge in [0.25, 0.3) is 17.4 Å². The Morgan fingerprint density at radius 2 is 1.77 bits per heavy atom. The van der Waals surface area contributed by atoms with Gasteiger partial charge in [0.1, 0.15) is 13.2 Å². The van der Waals surface area contributed by atoms with Crippen LogP contribution in [0, 0.1) is 0 Å². The number of imide groups is 1. The molecule has 1 N–H and O–H groups in total. The Morgan fingerprint density at radius 3 is 2.52 bits per heavy atom. The van der Waals surface area contributed by atoms with Crippen molar-refractivity contribution in [2.24, 2.45) is 0 Å². The number of benzene rings is 1. The van der Waals surface area contributed by atoms with Crippen molar-refractivity contribution < 1.29 is 43.1 Å². The molecule has 226 valence electrons. The summed E-state index contributed by atoms with van der Waals surface area (Å²) in [5, 5.41) is 3.60. The Morgan fingerprint density at radius 1 is 1.02 bits per heavy atom. The zero-order valence-corrected chi connectivity index (χ0v) is 23.5. The molecule has 5 heterocycles. The smallest absolute Gasteiger partial charge is 0.355 e. The van der Waals surface area contributed by atoms with E-state index < -0.39 is 66.2 Å². The average Bonchev–Trinajstić information content (AvgIpc) is 3.53. The van der Waals surface area contributed by atoms with Gasteiger partial charge in [0, 0.05) is 35.8 Å². The largest absolute Gasteiger partial charge is 0.457 e. The van der Waals surface area contributed by atoms with Crippen molar-refractivity contribution in [3.05, 3.63) is 63.4 Å². The van der Waals surface area contributed by atoms with Gasteiger partial charge >= 0.3 is 17.9 Å². The number of nitrogens with one attached hydrogen (secondary N) is 1. The predicted octanol–water partition coefficient (Wildman–Crippen LogP) is 1.13. The molecule has 44 heavy (non-hydrogen) atoms. The highest BCUT2D eigenvalue weighted by molar-refractivity contribution is 6.01. The van der Waals surface area contributed by atoms with Crippen LogP contribution in [0.15, 0.2) is 41.2 Å². The highest BCUT2D eigenvalue weighted by atomic mass is 16.7. The van der Waals surface area contributed by atoms with E-state index in [1.165, 1.54) is 0 Å². The Bertz CT molecular complexity index is 1830. The van der Waals surface area contributed by atoms with Crippen molar-refractivity contribution in [3.63, 3.8) is 0 Å². The van der Waals surface area contributed by atoms with E-state index in [1.54, 1.807) is 17.6 Å². The molecule has 0 radical (unpaired) electrons. The summed E-state index contributed by atoms with van der Waals surface area (Å²) in [4.78, 5) is 96.6. The summed E-state index contributed by atoms with van der Waals surface area (Å²) in [5.74, 6) is -4.82. The molecule has 2 aromatic heterocycles. The highest BCUT2D eigenvalue weighted by Gasteiger charge is 2.50. The summed E-state index contributed by atoms with van der Waals surface area (Å²) in [7, 11) is 0. The van der Waals surface area contributed by atoms with Crippen molar-refractivity contribution in [1.82, 2.24) is 19.9 Å². The first-order valence-electron chi connectivity index (χ1n) is 14.0. The van der Waals surface area contributed by atoms with Gasteiger partial charge < -0.3 is 24.2 Å². The zero-order valence-electron chi connectivity index (χ0n) is 23.5. The van der Waals surface area contributed by atoms with Gasteiger partial charge in [0.05, 0.1) is 35.4 Å². The molecule has 0 aliphatic carbocycles. The molecule has 3 aliphatic rings. The number of esters is 2. The maximum absolute atomic E-state index is 13.6.